The maximum absolute atomic E-state index is 5.45. The van der Waals surface area contributed by atoms with Gasteiger partial charge in [0.1, 0.15) is 0 Å². The molecule has 106 valence electrons. The molecule has 0 saturated carbocycles. The molecule has 1 aliphatic rings. The van der Waals surface area contributed by atoms with E-state index in [0.717, 1.165) is 18.0 Å². The van der Waals surface area contributed by atoms with Crippen LogP contribution in [0.5, 0.6) is 11.5 Å². The largest absolute Gasteiger partial charge is 0.493 e. The zero-order valence-corrected chi connectivity index (χ0v) is 12.7. The molecule has 0 bridgehead atoms. The molecule has 3 heteroatoms. The van der Waals surface area contributed by atoms with Crippen LogP contribution in [0, 0.1) is 0 Å². The van der Waals surface area contributed by atoms with Crippen molar-refractivity contribution in [3.8, 4) is 11.5 Å². The van der Waals surface area contributed by atoms with Gasteiger partial charge in [-0.2, -0.15) is 0 Å². The van der Waals surface area contributed by atoms with E-state index in [0.29, 0.717) is 5.92 Å². The summed E-state index contributed by atoms with van der Waals surface area (Å²) in [6, 6.07) is 4.33. The quantitative estimate of drug-likeness (QED) is 0.905. The Hall–Kier alpha value is -1.22. The summed E-state index contributed by atoms with van der Waals surface area (Å²) < 4.78 is 10.9. The molecule has 1 N–H and O–H groups in total. The summed E-state index contributed by atoms with van der Waals surface area (Å²) in [6.07, 6.45) is 2.43. The number of likely N-dealkylation sites (N-methyl/N-ethyl adjacent to an activating group) is 1. The highest BCUT2D eigenvalue weighted by Crippen LogP contribution is 2.46. The van der Waals surface area contributed by atoms with Crippen molar-refractivity contribution < 1.29 is 9.47 Å². The van der Waals surface area contributed by atoms with Crippen LogP contribution >= 0.6 is 0 Å². The zero-order chi connectivity index (χ0) is 14.0. The van der Waals surface area contributed by atoms with Gasteiger partial charge in [-0.3, -0.25) is 0 Å². The Kier molecular flexibility index (Phi) is 4.04. The lowest BCUT2D eigenvalue weighted by molar-refractivity contribution is 0.343. The molecule has 0 heterocycles. The summed E-state index contributed by atoms with van der Waals surface area (Å²) in [7, 11) is 5.41. The molecule has 0 radical (unpaired) electrons. The number of benzene rings is 1. The van der Waals surface area contributed by atoms with E-state index in [1.165, 1.54) is 24.0 Å². The fourth-order valence-corrected chi connectivity index (χ4v) is 3.10. The standard InChI is InChI=1S/C16H25NO2/c1-16(2)7-6-11(10-17-3)12-8-14(18-4)15(19-5)9-13(12)16/h8-9,11,17H,6-7,10H2,1-5H3. The third-order valence-corrected chi connectivity index (χ3v) is 4.29. The summed E-state index contributed by atoms with van der Waals surface area (Å²) in [5.41, 5.74) is 3.01. The zero-order valence-electron chi connectivity index (χ0n) is 12.7. The molecule has 1 atom stereocenters. The van der Waals surface area contributed by atoms with E-state index >= 15 is 0 Å². The van der Waals surface area contributed by atoms with Gasteiger partial charge < -0.3 is 14.8 Å². The Balaban J connectivity index is 2.54. The molecular weight excluding hydrogens is 238 g/mol. The first-order valence-corrected chi connectivity index (χ1v) is 6.94. The van der Waals surface area contributed by atoms with Gasteiger partial charge in [-0.15, -0.1) is 0 Å². The topological polar surface area (TPSA) is 30.5 Å². The molecule has 1 aromatic rings. The summed E-state index contributed by atoms with van der Waals surface area (Å²) >= 11 is 0. The van der Waals surface area contributed by atoms with Crippen LogP contribution in [0.1, 0.15) is 43.7 Å². The average Bonchev–Trinajstić information content (AvgIpc) is 2.41. The van der Waals surface area contributed by atoms with Gasteiger partial charge in [0.2, 0.25) is 0 Å². The van der Waals surface area contributed by atoms with Crippen LogP contribution < -0.4 is 14.8 Å². The molecule has 1 unspecified atom stereocenters. The molecule has 0 amide bonds. The molecule has 2 rings (SSSR count). The highest BCUT2D eigenvalue weighted by Gasteiger charge is 2.33. The molecule has 19 heavy (non-hydrogen) atoms. The van der Waals surface area contributed by atoms with E-state index in [1.54, 1.807) is 14.2 Å². The fourth-order valence-electron chi connectivity index (χ4n) is 3.10. The Labute approximate surface area is 116 Å². The molecule has 1 aromatic carbocycles. The number of ether oxygens (including phenoxy) is 2. The normalized spacial score (nSPS) is 20.8. The number of rotatable bonds is 4. The van der Waals surface area contributed by atoms with Crippen LogP contribution in [0.25, 0.3) is 0 Å². The smallest absolute Gasteiger partial charge is 0.161 e. The molecule has 3 nitrogen and oxygen atoms in total. The molecule has 0 aromatic heterocycles. The second-order valence-corrected chi connectivity index (χ2v) is 5.97. The molecule has 0 aliphatic heterocycles. The molecule has 0 fully saturated rings. The van der Waals surface area contributed by atoms with Crippen molar-refractivity contribution in [2.75, 3.05) is 27.8 Å². The number of hydrogen-bond acceptors (Lipinski definition) is 3. The summed E-state index contributed by atoms with van der Waals surface area (Å²) in [4.78, 5) is 0. The first-order valence-electron chi connectivity index (χ1n) is 6.94. The number of fused-ring (bicyclic) bond motifs is 1. The van der Waals surface area contributed by atoms with Crippen LogP contribution in [-0.2, 0) is 5.41 Å². The first-order chi connectivity index (χ1) is 9.03. The third kappa shape index (κ3) is 2.57. The van der Waals surface area contributed by atoms with Gasteiger partial charge >= 0.3 is 0 Å². The van der Waals surface area contributed by atoms with Gasteiger partial charge in [-0.25, -0.2) is 0 Å². The molecular formula is C16H25NO2. The van der Waals surface area contributed by atoms with E-state index in [2.05, 4.69) is 31.3 Å². The molecule has 0 saturated heterocycles. The van der Waals surface area contributed by atoms with Gasteiger partial charge in [0, 0.05) is 6.54 Å². The van der Waals surface area contributed by atoms with Crippen molar-refractivity contribution in [2.24, 2.45) is 0 Å². The number of methoxy groups -OCH3 is 2. The van der Waals surface area contributed by atoms with E-state index in [9.17, 15) is 0 Å². The Bertz CT molecular complexity index is 454. The van der Waals surface area contributed by atoms with Gasteiger partial charge in [0.15, 0.2) is 11.5 Å². The summed E-state index contributed by atoms with van der Waals surface area (Å²) in [5.74, 6) is 2.23. The average molecular weight is 263 g/mol. The van der Waals surface area contributed by atoms with Crippen LogP contribution in [-0.4, -0.2) is 27.8 Å². The minimum absolute atomic E-state index is 0.207. The summed E-state index contributed by atoms with van der Waals surface area (Å²) in [5, 5.41) is 3.30. The third-order valence-electron chi connectivity index (χ3n) is 4.29. The Morgan fingerprint density at radius 2 is 1.84 bits per heavy atom. The van der Waals surface area contributed by atoms with Gasteiger partial charge in [0.05, 0.1) is 14.2 Å². The van der Waals surface area contributed by atoms with Crippen molar-refractivity contribution >= 4 is 0 Å². The number of nitrogens with one attached hydrogen (secondary N) is 1. The van der Waals surface area contributed by atoms with Crippen molar-refractivity contribution in [3.05, 3.63) is 23.3 Å². The van der Waals surface area contributed by atoms with Gasteiger partial charge in [-0.1, -0.05) is 13.8 Å². The van der Waals surface area contributed by atoms with Crippen molar-refractivity contribution in [1.29, 1.82) is 0 Å². The van der Waals surface area contributed by atoms with Crippen molar-refractivity contribution in [3.63, 3.8) is 0 Å². The maximum atomic E-state index is 5.45. The Morgan fingerprint density at radius 1 is 1.21 bits per heavy atom. The molecule has 1 aliphatic carbocycles. The lowest BCUT2D eigenvalue weighted by Gasteiger charge is -2.37. The SMILES string of the molecule is CNCC1CCC(C)(C)c2cc(OC)c(OC)cc21. The van der Waals surface area contributed by atoms with Crippen molar-refractivity contribution in [1.82, 2.24) is 5.32 Å². The predicted molar refractivity (Wildman–Crippen MR) is 78.5 cm³/mol. The van der Waals surface area contributed by atoms with E-state index in [1.807, 2.05) is 7.05 Å². The first kappa shape index (κ1) is 14.2. The summed E-state index contributed by atoms with van der Waals surface area (Å²) in [6.45, 7) is 5.64. The van der Waals surface area contributed by atoms with Crippen LogP contribution in [0.2, 0.25) is 0 Å². The minimum Gasteiger partial charge on any atom is -0.493 e. The lowest BCUT2D eigenvalue weighted by Crippen LogP contribution is -2.30. The predicted octanol–water partition coefficient (Wildman–Crippen LogP) is 3.08. The van der Waals surface area contributed by atoms with Gasteiger partial charge in [0.25, 0.3) is 0 Å². The second-order valence-electron chi connectivity index (χ2n) is 5.97. The van der Waals surface area contributed by atoms with E-state index < -0.39 is 0 Å². The van der Waals surface area contributed by atoms with E-state index in [-0.39, 0.29) is 5.41 Å². The van der Waals surface area contributed by atoms with Crippen LogP contribution in [0.3, 0.4) is 0 Å². The maximum Gasteiger partial charge on any atom is 0.161 e. The highest BCUT2D eigenvalue weighted by atomic mass is 16.5. The molecule has 0 spiro atoms. The fraction of sp³-hybridized carbons (Fsp3) is 0.625. The van der Waals surface area contributed by atoms with Crippen LogP contribution in [0.15, 0.2) is 12.1 Å². The lowest BCUT2D eigenvalue weighted by atomic mass is 9.68. The van der Waals surface area contributed by atoms with Crippen LogP contribution in [0.4, 0.5) is 0 Å². The van der Waals surface area contributed by atoms with Gasteiger partial charge in [-0.05, 0) is 54.5 Å². The minimum atomic E-state index is 0.207. The monoisotopic (exact) mass is 263 g/mol. The van der Waals surface area contributed by atoms with Crippen molar-refractivity contribution in [2.45, 2.75) is 38.0 Å². The van der Waals surface area contributed by atoms with E-state index in [4.69, 9.17) is 9.47 Å². The highest BCUT2D eigenvalue weighted by molar-refractivity contribution is 5.52. The Morgan fingerprint density at radius 3 is 2.42 bits per heavy atom. The second kappa shape index (κ2) is 5.41. The number of hydrogen-bond donors (Lipinski definition) is 1.